The van der Waals surface area contributed by atoms with E-state index in [1.54, 1.807) is 31.2 Å². The summed E-state index contributed by atoms with van der Waals surface area (Å²) in [5, 5.41) is 5.42. The second kappa shape index (κ2) is 10.1. The minimum Gasteiger partial charge on any atom is -0.384 e. The summed E-state index contributed by atoms with van der Waals surface area (Å²) in [6.07, 6.45) is 0. The number of ether oxygens (including phenoxy) is 1. The Hall–Kier alpha value is -1.63. The molecule has 118 valence electrons. The van der Waals surface area contributed by atoms with Crippen molar-refractivity contribution in [1.82, 2.24) is 5.32 Å². The van der Waals surface area contributed by atoms with Crippen molar-refractivity contribution in [3.8, 4) is 0 Å². The number of hydrogen-bond donors (Lipinski definition) is 3. The Morgan fingerprint density at radius 3 is 2.62 bits per heavy atom. The molecule has 0 aliphatic rings. The fourth-order valence-electron chi connectivity index (χ4n) is 1.65. The Morgan fingerprint density at radius 2 is 2.00 bits per heavy atom. The van der Waals surface area contributed by atoms with Crippen LogP contribution in [0.4, 0.5) is 5.69 Å². The van der Waals surface area contributed by atoms with Crippen molar-refractivity contribution < 1.29 is 14.3 Å². The van der Waals surface area contributed by atoms with Crippen LogP contribution in [-0.2, 0) is 9.53 Å². The van der Waals surface area contributed by atoms with Gasteiger partial charge in [0.25, 0.3) is 5.91 Å². The van der Waals surface area contributed by atoms with E-state index in [0.717, 1.165) is 0 Å². The molecule has 0 bridgehead atoms. The van der Waals surface area contributed by atoms with Gasteiger partial charge in [-0.05, 0) is 12.1 Å². The number of rotatable bonds is 7. The Kier molecular flexibility index (Phi) is 9.36. The molecule has 1 aromatic carbocycles. The van der Waals surface area contributed by atoms with Crippen LogP contribution in [0.15, 0.2) is 24.3 Å². The van der Waals surface area contributed by atoms with Gasteiger partial charge in [0.1, 0.15) is 0 Å². The van der Waals surface area contributed by atoms with E-state index in [-0.39, 0.29) is 30.1 Å². The van der Waals surface area contributed by atoms with Crippen LogP contribution >= 0.6 is 12.4 Å². The van der Waals surface area contributed by atoms with Gasteiger partial charge in [0.15, 0.2) is 0 Å². The lowest BCUT2D eigenvalue weighted by atomic mass is 10.1. The largest absolute Gasteiger partial charge is 0.384 e. The van der Waals surface area contributed by atoms with E-state index >= 15 is 0 Å². The van der Waals surface area contributed by atoms with Crippen LogP contribution < -0.4 is 16.4 Å². The zero-order valence-corrected chi connectivity index (χ0v) is 13.0. The van der Waals surface area contributed by atoms with Crippen LogP contribution in [0.5, 0.6) is 0 Å². The maximum Gasteiger partial charge on any atom is 0.253 e. The molecule has 0 aromatic heterocycles. The molecule has 0 aliphatic heterocycles. The van der Waals surface area contributed by atoms with Gasteiger partial charge in [-0.2, -0.15) is 0 Å². The Bertz CT molecular complexity index is 469. The molecule has 21 heavy (non-hydrogen) atoms. The fourth-order valence-corrected chi connectivity index (χ4v) is 1.65. The minimum atomic E-state index is -0.292. The normalized spacial score (nSPS) is 11.2. The summed E-state index contributed by atoms with van der Waals surface area (Å²) in [5.41, 5.74) is 6.25. The minimum absolute atomic E-state index is 0. The molecule has 0 fully saturated rings. The number of carbonyl (C=O) groups is 2. The summed E-state index contributed by atoms with van der Waals surface area (Å²) < 4.78 is 4.94. The van der Waals surface area contributed by atoms with Gasteiger partial charge in [0.05, 0.1) is 23.8 Å². The molecule has 0 radical (unpaired) electrons. The maximum atomic E-state index is 12.0. The summed E-state index contributed by atoms with van der Waals surface area (Å²) in [6.45, 7) is 2.84. The van der Waals surface area contributed by atoms with Gasteiger partial charge in [-0.3, -0.25) is 9.59 Å². The average Bonchev–Trinajstić information content (AvgIpc) is 2.45. The molecule has 0 heterocycles. The second-order valence-corrected chi connectivity index (χ2v) is 4.44. The molecule has 1 unspecified atom stereocenters. The highest BCUT2D eigenvalue weighted by Gasteiger charge is 2.16. The number of para-hydroxylation sites is 1. The highest BCUT2D eigenvalue weighted by molar-refractivity contribution is 6.04. The smallest absolute Gasteiger partial charge is 0.253 e. The van der Waals surface area contributed by atoms with E-state index in [4.69, 9.17) is 10.5 Å². The molecule has 6 nitrogen and oxygen atoms in total. The number of amides is 2. The average molecular weight is 316 g/mol. The van der Waals surface area contributed by atoms with Gasteiger partial charge in [0, 0.05) is 20.2 Å². The molecule has 1 aromatic rings. The molecule has 4 N–H and O–H groups in total. The SMILES string of the molecule is COCC(C)C(=O)Nc1ccccc1C(=O)NCCN.Cl. The molecule has 1 atom stereocenters. The van der Waals surface area contributed by atoms with E-state index in [2.05, 4.69) is 10.6 Å². The van der Waals surface area contributed by atoms with E-state index in [1.807, 2.05) is 0 Å². The molecule has 0 saturated heterocycles. The summed E-state index contributed by atoms with van der Waals surface area (Å²) >= 11 is 0. The fraction of sp³-hybridized carbons (Fsp3) is 0.429. The number of carbonyl (C=O) groups excluding carboxylic acids is 2. The zero-order chi connectivity index (χ0) is 15.0. The van der Waals surface area contributed by atoms with Crippen molar-refractivity contribution in [3.63, 3.8) is 0 Å². The van der Waals surface area contributed by atoms with Crippen LogP contribution in [-0.4, -0.2) is 38.6 Å². The topological polar surface area (TPSA) is 93.4 Å². The highest BCUT2D eigenvalue weighted by atomic mass is 35.5. The first kappa shape index (κ1) is 19.4. The second-order valence-electron chi connectivity index (χ2n) is 4.44. The third kappa shape index (κ3) is 6.12. The van der Waals surface area contributed by atoms with Gasteiger partial charge in [-0.1, -0.05) is 19.1 Å². The number of methoxy groups -OCH3 is 1. The lowest BCUT2D eigenvalue weighted by molar-refractivity contribution is -0.120. The molecule has 0 saturated carbocycles. The quantitative estimate of drug-likeness (QED) is 0.700. The number of nitrogens with one attached hydrogen (secondary N) is 2. The summed E-state index contributed by atoms with van der Waals surface area (Å²) in [6, 6.07) is 6.85. The molecule has 1 rings (SSSR count). The van der Waals surface area contributed by atoms with E-state index in [9.17, 15) is 9.59 Å². The first-order valence-corrected chi connectivity index (χ1v) is 6.47. The Labute approximate surface area is 130 Å². The number of halogens is 1. The van der Waals surface area contributed by atoms with Crippen molar-refractivity contribution in [2.45, 2.75) is 6.92 Å². The standard InChI is InChI=1S/C14H21N3O3.ClH/c1-10(9-20-2)13(18)17-12-6-4-3-5-11(12)14(19)16-8-7-15;/h3-6,10H,7-9,15H2,1-2H3,(H,16,19)(H,17,18);1H. The van der Waals surface area contributed by atoms with Gasteiger partial charge < -0.3 is 21.1 Å². The predicted octanol–water partition coefficient (Wildman–Crippen LogP) is 1.02. The third-order valence-corrected chi connectivity index (χ3v) is 2.72. The van der Waals surface area contributed by atoms with E-state index in [1.165, 1.54) is 7.11 Å². The van der Waals surface area contributed by atoms with Crippen molar-refractivity contribution in [2.75, 3.05) is 32.1 Å². The molecule has 0 spiro atoms. The van der Waals surface area contributed by atoms with Gasteiger partial charge in [0.2, 0.25) is 5.91 Å². The van der Waals surface area contributed by atoms with E-state index in [0.29, 0.717) is 30.9 Å². The van der Waals surface area contributed by atoms with Crippen molar-refractivity contribution in [3.05, 3.63) is 29.8 Å². The lowest BCUT2D eigenvalue weighted by Gasteiger charge is -2.14. The molecule has 7 heteroatoms. The van der Waals surface area contributed by atoms with Crippen molar-refractivity contribution >= 4 is 29.9 Å². The van der Waals surface area contributed by atoms with Crippen LogP contribution in [0.1, 0.15) is 17.3 Å². The number of benzene rings is 1. The number of anilines is 1. The summed E-state index contributed by atoms with van der Waals surface area (Å²) in [7, 11) is 1.54. The molecule has 2 amide bonds. The lowest BCUT2D eigenvalue weighted by Crippen LogP contribution is -2.30. The Morgan fingerprint density at radius 1 is 1.33 bits per heavy atom. The highest BCUT2D eigenvalue weighted by Crippen LogP contribution is 2.16. The maximum absolute atomic E-state index is 12.0. The number of hydrogen-bond acceptors (Lipinski definition) is 4. The van der Waals surface area contributed by atoms with Crippen LogP contribution in [0.2, 0.25) is 0 Å². The monoisotopic (exact) mass is 315 g/mol. The first-order chi connectivity index (χ1) is 9.60. The molecular weight excluding hydrogens is 294 g/mol. The van der Waals surface area contributed by atoms with Crippen LogP contribution in [0.3, 0.4) is 0 Å². The number of nitrogens with two attached hydrogens (primary N) is 1. The van der Waals surface area contributed by atoms with Crippen molar-refractivity contribution in [1.29, 1.82) is 0 Å². The van der Waals surface area contributed by atoms with Gasteiger partial charge in [-0.25, -0.2) is 0 Å². The van der Waals surface area contributed by atoms with Crippen LogP contribution in [0, 0.1) is 5.92 Å². The summed E-state index contributed by atoms with van der Waals surface area (Å²) in [5.74, 6) is -0.739. The Balaban J connectivity index is 0.00000400. The molecule has 0 aliphatic carbocycles. The summed E-state index contributed by atoms with van der Waals surface area (Å²) in [4.78, 5) is 23.9. The predicted molar refractivity (Wildman–Crippen MR) is 84.7 cm³/mol. The van der Waals surface area contributed by atoms with E-state index < -0.39 is 0 Å². The third-order valence-electron chi connectivity index (χ3n) is 2.72. The van der Waals surface area contributed by atoms with Crippen LogP contribution in [0.25, 0.3) is 0 Å². The van der Waals surface area contributed by atoms with Gasteiger partial charge >= 0.3 is 0 Å². The first-order valence-electron chi connectivity index (χ1n) is 6.47. The zero-order valence-electron chi connectivity index (χ0n) is 12.2. The van der Waals surface area contributed by atoms with Gasteiger partial charge in [-0.15, -0.1) is 12.4 Å². The van der Waals surface area contributed by atoms with Crippen molar-refractivity contribution in [2.24, 2.45) is 11.7 Å². The molecular formula is C14H22ClN3O3.